The summed E-state index contributed by atoms with van der Waals surface area (Å²) >= 11 is 0. The van der Waals surface area contributed by atoms with Crippen LogP contribution in [-0.4, -0.2) is 47.2 Å². The first-order valence-electron chi connectivity index (χ1n) is 6.34. The van der Waals surface area contributed by atoms with Crippen molar-refractivity contribution in [3.63, 3.8) is 0 Å². The lowest BCUT2D eigenvalue weighted by Crippen LogP contribution is -2.41. The topological polar surface area (TPSA) is 116 Å². The molecule has 0 aromatic rings. The molecular weight excluding hydrogens is 252 g/mol. The van der Waals surface area contributed by atoms with Crippen LogP contribution in [0.4, 0.5) is 0 Å². The monoisotopic (exact) mass is 274 g/mol. The Morgan fingerprint density at radius 3 is 2.37 bits per heavy atom. The highest BCUT2D eigenvalue weighted by atomic mass is 16.4. The minimum absolute atomic E-state index is 0.00358. The fourth-order valence-electron chi connectivity index (χ4n) is 1.50. The van der Waals surface area contributed by atoms with E-state index in [0.717, 1.165) is 12.8 Å². The first-order valence-corrected chi connectivity index (χ1v) is 6.34. The number of unbranched alkanes of at least 4 members (excludes halogenated alkanes) is 2. The summed E-state index contributed by atoms with van der Waals surface area (Å²) < 4.78 is 0. The minimum Gasteiger partial charge on any atom is -0.480 e. The van der Waals surface area contributed by atoms with Gasteiger partial charge >= 0.3 is 5.97 Å². The zero-order valence-electron chi connectivity index (χ0n) is 11.1. The highest BCUT2D eigenvalue weighted by Crippen LogP contribution is 2.00. The smallest absolute Gasteiger partial charge is 0.326 e. The summed E-state index contributed by atoms with van der Waals surface area (Å²) in [6.45, 7) is 1.74. The van der Waals surface area contributed by atoms with Gasteiger partial charge in [-0.25, -0.2) is 4.79 Å². The van der Waals surface area contributed by atoms with E-state index in [2.05, 4.69) is 10.6 Å². The third kappa shape index (κ3) is 10.0. The highest BCUT2D eigenvalue weighted by molar-refractivity contribution is 5.83. The van der Waals surface area contributed by atoms with Gasteiger partial charge < -0.3 is 20.8 Å². The van der Waals surface area contributed by atoms with E-state index in [0.29, 0.717) is 13.0 Å². The molecule has 7 nitrogen and oxygen atoms in total. The van der Waals surface area contributed by atoms with Crippen molar-refractivity contribution in [2.75, 3.05) is 13.2 Å². The molecule has 0 aromatic carbocycles. The number of nitrogens with one attached hydrogen (secondary N) is 2. The maximum atomic E-state index is 11.4. The summed E-state index contributed by atoms with van der Waals surface area (Å²) in [5, 5.41) is 22.5. The molecule has 0 aromatic heterocycles. The SMILES string of the molecule is CC(=O)NCCCCCC(=O)NC(CCO)C(=O)O. The fraction of sp³-hybridized carbons (Fsp3) is 0.750. The number of aliphatic hydroxyl groups excluding tert-OH is 1. The van der Waals surface area contributed by atoms with Gasteiger partial charge in [0.25, 0.3) is 0 Å². The Bertz CT molecular complexity index is 306. The molecule has 0 aliphatic carbocycles. The molecule has 0 fully saturated rings. The lowest BCUT2D eigenvalue weighted by molar-refractivity contribution is -0.142. The first-order chi connectivity index (χ1) is 8.97. The Morgan fingerprint density at radius 2 is 1.84 bits per heavy atom. The van der Waals surface area contributed by atoms with Gasteiger partial charge in [-0.3, -0.25) is 9.59 Å². The number of aliphatic carboxylic acids is 1. The summed E-state index contributed by atoms with van der Waals surface area (Å²) in [6.07, 6.45) is 2.45. The van der Waals surface area contributed by atoms with Crippen molar-refractivity contribution in [3.05, 3.63) is 0 Å². The molecule has 4 N–H and O–H groups in total. The average molecular weight is 274 g/mol. The number of carbonyl (C=O) groups is 3. The minimum atomic E-state index is -1.15. The van der Waals surface area contributed by atoms with E-state index in [9.17, 15) is 14.4 Å². The molecular formula is C12H22N2O5. The van der Waals surface area contributed by atoms with Gasteiger partial charge in [0, 0.05) is 32.9 Å². The fourth-order valence-corrected chi connectivity index (χ4v) is 1.50. The maximum Gasteiger partial charge on any atom is 0.326 e. The van der Waals surface area contributed by atoms with Gasteiger partial charge in [0.2, 0.25) is 11.8 Å². The van der Waals surface area contributed by atoms with Crippen LogP contribution in [0.3, 0.4) is 0 Å². The van der Waals surface area contributed by atoms with Crippen LogP contribution < -0.4 is 10.6 Å². The van der Waals surface area contributed by atoms with Crippen LogP contribution in [0.2, 0.25) is 0 Å². The third-order valence-corrected chi connectivity index (χ3v) is 2.51. The van der Waals surface area contributed by atoms with Crippen molar-refractivity contribution in [3.8, 4) is 0 Å². The molecule has 1 atom stereocenters. The van der Waals surface area contributed by atoms with E-state index in [4.69, 9.17) is 10.2 Å². The number of amides is 2. The zero-order chi connectivity index (χ0) is 14.7. The summed E-state index contributed by atoms with van der Waals surface area (Å²) in [7, 11) is 0. The van der Waals surface area contributed by atoms with Crippen LogP contribution in [0.1, 0.15) is 39.0 Å². The lowest BCUT2D eigenvalue weighted by atomic mass is 10.1. The number of carboxylic acids is 1. The number of hydrogen-bond acceptors (Lipinski definition) is 4. The van der Waals surface area contributed by atoms with Gasteiger partial charge in [-0.2, -0.15) is 0 Å². The Balaban J connectivity index is 3.68. The predicted molar refractivity (Wildman–Crippen MR) is 68.4 cm³/mol. The van der Waals surface area contributed by atoms with E-state index in [-0.39, 0.29) is 31.3 Å². The van der Waals surface area contributed by atoms with Gasteiger partial charge in [0.15, 0.2) is 0 Å². The van der Waals surface area contributed by atoms with Crippen LogP contribution >= 0.6 is 0 Å². The molecule has 0 aliphatic heterocycles. The second-order valence-corrected chi connectivity index (χ2v) is 4.26. The molecule has 2 amide bonds. The molecule has 7 heteroatoms. The van der Waals surface area contributed by atoms with Gasteiger partial charge in [-0.15, -0.1) is 0 Å². The largest absolute Gasteiger partial charge is 0.480 e. The Labute approximate surface area is 112 Å². The standard InChI is InChI=1S/C12H22N2O5/c1-9(16)13-7-4-2-3-5-11(17)14-10(6-8-15)12(18)19/h10,15H,2-8H2,1H3,(H,13,16)(H,14,17)(H,18,19). The molecule has 0 rings (SSSR count). The molecule has 0 saturated carbocycles. The number of aliphatic hydroxyl groups is 1. The van der Waals surface area contributed by atoms with Crippen molar-refractivity contribution < 1.29 is 24.6 Å². The van der Waals surface area contributed by atoms with Crippen LogP contribution in [0.15, 0.2) is 0 Å². The lowest BCUT2D eigenvalue weighted by Gasteiger charge is -2.13. The van der Waals surface area contributed by atoms with E-state index < -0.39 is 12.0 Å². The molecule has 110 valence electrons. The second-order valence-electron chi connectivity index (χ2n) is 4.26. The summed E-state index contributed by atoms with van der Waals surface area (Å²) in [6, 6.07) is -1.03. The Kier molecular flexibility index (Phi) is 9.42. The molecule has 0 saturated heterocycles. The molecule has 0 bridgehead atoms. The van der Waals surface area contributed by atoms with Crippen molar-refractivity contribution in [1.29, 1.82) is 0 Å². The molecule has 0 spiro atoms. The van der Waals surface area contributed by atoms with E-state index in [1.54, 1.807) is 0 Å². The maximum absolute atomic E-state index is 11.4. The normalized spacial score (nSPS) is 11.7. The van der Waals surface area contributed by atoms with Gasteiger partial charge in [0.1, 0.15) is 6.04 Å². The van der Waals surface area contributed by atoms with Crippen molar-refractivity contribution in [1.82, 2.24) is 10.6 Å². The number of carbonyl (C=O) groups excluding carboxylic acids is 2. The molecule has 0 aliphatic rings. The van der Waals surface area contributed by atoms with Crippen molar-refractivity contribution >= 4 is 17.8 Å². The first kappa shape index (κ1) is 17.4. The van der Waals surface area contributed by atoms with Gasteiger partial charge in [-0.05, 0) is 12.8 Å². The molecule has 1 unspecified atom stereocenters. The number of carboxylic acid groups (broad SMARTS) is 1. The average Bonchev–Trinajstić information content (AvgIpc) is 2.32. The van der Waals surface area contributed by atoms with E-state index >= 15 is 0 Å². The summed E-state index contributed by atoms with van der Waals surface area (Å²) in [5.41, 5.74) is 0. The molecule has 19 heavy (non-hydrogen) atoms. The highest BCUT2D eigenvalue weighted by Gasteiger charge is 2.18. The van der Waals surface area contributed by atoms with Crippen LogP contribution in [-0.2, 0) is 14.4 Å². The number of hydrogen-bond donors (Lipinski definition) is 4. The molecule has 0 radical (unpaired) electrons. The predicted octanol–water partition coefficient (Wildman–Crippen LogP) is -0.365. The third-order valence-electron chi connectivity index (χ3n) is 2.51. The Hall–Kier alpha value is -1.63. The molecule has 0 heterocycles. The van der Waals surface area contributed by atoms with Crippen LogP contribution in [0.5, 0.6) is 0 Å². The van der Waals surface area contributed by atoms with Crippen LogP contribution in [0.25, 0.3) is 0 Å². The summed E-state index contributed by atoms with van der Waals surface area (Å²) in [5.74, 6) is -1.56. The van der Waals surface area contributed by atoms with Gasteiger partial charge in [-0.1, -0.05) is 6.42 Å². The Morgan fingerprint density at radius 1 is 1.16 bits per heavy atom. The zero-order valence-corrected chi connectivity index (χ0v) is 11.1. The van der Waals surface area contributed by atoms with Gasteiger partial charge in [0.05, 0.1) is 0 Å². The van der Waals surface area contributed by atoms with Crippen molar-refractivity contribution in [2.45, 2.75) is 45.1 Å². The van der Waals surface area contributed by atoms with Crippen molar-refractivity contribution in [2.24, 2.45) is 0 Å². The second kappa shape index (κ2) is 10.3. The summed E-state index contributed by atoms with van der Waals surface area (Å²) in [4.78, 5) is 32.8. The van der Waals surface area contributed by atoms with Crippen LogP contribution in [0, 0.1) is 0 Å². The van der Waals surface area contributed by atoms with E-state index in [1.165, 1.54) is 6.92 Å². The number of rotatable bonds is 10. The quantitative estimate of drug-likeness (QED) is 0.406. The van der Waals surface area contributed by atoms with E-state index in [1.807, 2.05) is 0 Å².